The Morgan fingerprint density at radius 2 is 1.68 bits per heavy atom. The van der Waals surface area contributed by atoms with Gasteiger partial charge in [-0.2, -0.15) is 0 Å². The van der Waals surface area contributed by atoms with Crippen molar-refractivity contribution in [1.29, 1.82) is 0 Å². The standard InChI is InChI=1S/C32H50O5/c1-19(28(35)36)9-11-25(37-21(3)33)20(2)22-13-17-32(8)24-10-12-26-29(4,5)27(34)15-16-30(26,6)23(24)14-18-31(22,32)7/h9,20,22,25-27,34H,10-18H2,1-8H3,(H,35,36)/b19-9+/t20-,22+,25-,26?,27+,30+,31+,32-/m0/s1. The SMILES string of the molecule is CC(=O)O[C@@H](C/C=C(\C)C(=O)O)[C@@H](C)[C@H]1CC[C@@]2(C)C3=C(CC[C@]12C)[C@@]1(C)CC[C@@H](O)C(C)(C)C1CC3. The average molecular weight is 515 g/mol. The number of carboxylic acid groups (broad SMARTS) is 1. The molecule has 0 aliphatic heterocycles. The molecule has 4 rings (SSSR count). The number of carbonyl (C=O) groups excluding carboxylic acids is 1. The Kier molecular flexibility index (Phi) is 7.32. The van der Waals surface area contributed by atoms with Crippen LogP contribution in [-0.4, -0.2) is 34.4 Å². The number of aliphatic carboxylic acids is 1. The Labute approximate surface area is 224 Å². The zero-order valence-electron chi connectivity index (χ0n) is 24.4. The fourth-order valence-corrected chi connectivity index (χ4v) is 9.78. The van der Waals surface area contributed by atoms with Gasteiger partial charge < -0.3 is 14.9 Å². The smallest absolute Gasteiger partial charge is 0.330 e. The summed E-state index contributed by atoms with van der Waals surface area (Å²) in [7, 11) is 0. The van der Waals surface area contributed by atoms with Crippen LogP contribution in [0.1, 0.15) is 113 Å². The molecule has 37 heavy (non-hydrogen) atoms. The molecule has 2 fully saturated rings. The lowest BCUT2D eigenvalue weighted by Crippen LogP contribution is -2.55. The number of fused-ring (bicyclic) bond motifs is 4. The van der Waals surface area contributed by atoms with E-state index in [2.05, 4.69) is 41.5 Å². The highest BCUT2D eigenvalue weighted by atomic mass is 16.5. The first-order valence-corrected chi connectivity index (χ1v) is 14.6. The molecule has 208 valence electrons. The molecule has 0 radical (unpaired) electrons. The number of carbonyl (C=O) groups is 2. The molecule has 5 heteroatoms. The minimum atomic E-state index is -0.927. The Bertz CT molecular complexity index is 1010. The van der Waals surface area contributed by atoms with Crippen molar-refractivity contribution >= 4 is 11.9 Å². The van der Waals surface area contributed by atoms with Crippen LogP contribution in [0.2, 0.25) is 0 Å². The van der Waals surface area contributed by atoms with E-state index in [0.29, 0.717) is 23.8 Å². The number of aliphatic hydroxyl groups is 1. The molecule has 0 bridgehead atoms. The quantitative estimate of drug-likeness (QED) is 0.225. The minimum Gasteiger partial charge on any atom is -0.478 e. The maximum Gasteiger partial charge on any atom is 0.330 e. The Morgan fingerprint density at radius 1 is 1.00 bits per heavy atom. The minimum absolute atomic E-state index is 0.0568. The van der Waals surface area contributed by atoms with E-state index in [0.717, 1.165) is 51.4 Å². The summed E-state index contributed by atoms with van der Waals surface area (Å²) in [4.78, 5) is 23.4. The van der Waals surface area contributed by atoms with Crippen LogP contribution in [0.5, 0.6) is 0 Å². The second-order valence-electron chi connectivity index (χ2n) is 14.2. The monoisotopic (exact) mass is 514 g/mol. The van der Waals surface area contributed by atoms with Crippen molar-refractivity contribution in [2.45, 2.75) is 125 Å². The molecule has 4 aliphatic carbocycles. The Morgan fingerprint density at radius 3 is 2.30 bits per heavy atom. The molecule has 2 N–H and O–H groups in total. The van der Waals surface area contributed by atoms with E-state index in [1.165, 1.54) is 6.92 Å². The number of ether oxygens (including phenoxy) is 1. The zero-order chi connectivity index (χ0) is 27.6. The molecular formula is C32H50O5. The van der Waals surface area contributed by atoms with Gasteiger partial charge in [-0.25, -0.2) is 4.79 Å². The van der Waals surface area contributed by atoms with E-state index in [9.17, 15) is 19.8 Å². The second-order valence-corrected chi connectivity index (χ2v) is 14.2. The topological polar surface area (TPSA) is 83.8 Å². The maximum atomic E-state index is 12.0. The lowest BCUT2D eigenvalue weighted by molar-refractivity contribution is -0.151. The van der Waals surface area contributed by atoms with Crippen LogP contribution in [0.4, 0.5) is 0 Å². The molecule has 5 nitrogen and oxygen atoms in total. The van der Waals surface area contributed by atoms with Crippen LogP contribution in [0, 0.1) is 39.4 Å². The summed E-state index contributed by atoms with van der Waals surface area (Å²) in [6.07, 6.45) is 10.4. The first-order chi connectivity index (χ1) is 17.1. The number of hydrogen-bond donors (Lipinski definition) is 2. The van der Waals surface area contributed by atoms with Gasteiger partial charge in [-0.3, -0.25) is 4.79 Å². The third-order valence-electron chi connectivity index (χ3n) is 12.3. The number of carboxylic acids is 1. The highest BCUT2D eigenvalue weighted by molar-refractivity contribution is 5.85. The maximum absolute atomic E-state index is 12.0. The van der Waals surface area contributed by atoms with E-state index >= 15 is 0 Å². The highest BCUT2D eigenvalue weighted by Crippen LogP contribution is 2.72. The van der Waals surface area contributed by atoms with Crippen molar-refractivity contribution in [1.82, 2.24) is 0 Å². The summed E-state index contributed by atoms with van der Waals surface area (Å²) < 4.78 is 5.83. The van der Waals surface area contributed by atoms with E-state index in [-0.39, 0.29) is 45.8 Å². The van der Waals surface area contributed by atoms with Gasteiger partial charge >= 0.3 is 11.9 Å². The van der Waals surface area contributed by atoms with Crippen LogP contribution >= 0.6 is 0 Å². The lowest BCUT2D eigenvalue weighted by atomic mass is 9.43. The first-order valence-electron chi connectivity index (χ1n) is 14.6. The summed E-state index contributed by atoms with van der Waals surface area (Å²) in [5.74, 6) is -0.157. The second kappa shape index (κ2) is 9.54. The normalized spacial score (nSPS) is 40.8. The highest BCUT2D eigenvalue weighted by Gasteiger charge is 2.63. The van der Waals surface area contributed by atoms with Gasteiger partial charge in [0.15, 0.2) is 0 Å². The van der Waals surface area contributed by atoms with Gasteiger partial charge in [-0.15, -0.1) is 0 Å². The third-order valence-corrected chi connectivity index (χ3v) is 12.3. The van der Waals surface area contributed by atoms with Crippen molar-refractivity contribution in [2.75, 3.05) is 0 Å². The summed E-state index contributed by atoms with van der Waals surface area (Å²) >= 11 is 0. The third kappa shape index (κ3) is 4.32. The molecule has 4 aliphatic rings. The predicted octanol–water partition coefficient (Wildman–Crippen LogP) is 7.09. The van der Waals surface area contributed by atoms with Gasteiger partial charge in [0, 0.05) is 18.9 Å². The van der Waals surface area contributed by atoms with E-state index in [4.69, 9.17) is 4.74 Å². The number of rotatable bonds is 6. The van der Waals surface area contributed by atoms with E-state index in [1.807, 2.05) is 0 Å². The molecule has 0 saturated heterocycles. The van der Waals surface area contributed by atoms with Crippen molar-refractivity contribution in [2.24, 2.45) is 39.4 Å². The molecule has 1 unspecified atom stereocenters. The number of aliphatic hydroxyl groups excluding tert-OH is 1. The van der Waals surface area contributed by atoms with Crippen LogP contribution < -0.4 is 0 Å². The van der Waals surface area contributed by atoms with Gasteiger partial charge in [0.2, 0.25) is 0 Å². The molecule has 0 aromatic rings. The average Bonchev–Trinajstić information content (AvgIpc) is 3.09. The summed E-state index contributed by atoms with van der Waals surface area (Å²) in [5.41, 5.74) is 4.05. The molecule has 2 saturated carbocycles. The largest absolute Gasteiger partial charge is 0.478 e. The summed E-state index contributed by atoms with van der Waals surface area (Å²) in [6, 6.07) is 0. The summed E-state index contributed by atoms with van der Waals surface area (Å²) in [6.45, 7) is 17.3. The van der Waals surface area contributed by atoms with Crippen LogP contribution in [0.25, 0.3) is 0 Å². The van der Waals surface area contributed by atoms with Crippen molar-refractivity contribution < 1.29 is 24.5 Å². The molecule has 0 aromatic carbocycles. The Balaban J connectivity index is 1.66. The molecule has 0 heterocycles. The molecule has 0 amide bonds. The van der Waals surface area contributed by atoms with Crippen LogP contribution in [0.15, 0.2) is 22.8 Å². The van der Waals surface area contributed by atoms with Gasteiger partial charge in [-0.1, -0.05) is 58.8 Å². The van der Waals surface area contributed by atoms with Crippen molar-refractivity contribution in [3.63, 3.8) is 0 Å². The Hall–Kier alpha value is -1.62. The molecule has 8 atom stereocenters. The fourth-order valence-electron chi connectivity index (χ4n) is 9.78. The van der Waals surface area contributed by atoms with E-state index in [1.54, 1.807) is 24.1 Å². The number of hydrogen-bond acceptors (Lipinski definition) is 4. The molecule has 0 spiro atoms. The van der Waals surface area contributed by atoms with Gasteiger partial charge in [0.05, 0.1) is 6.10 Å². The lowest BCUT2D eigenvalue weighted by Gasteiger charge is -2.62. The zero-order valence-corrected chi connectivity index (χ0v) is 24.4. The van der Waals surface area contributed by atoms with Gasteiger partial charge in [-0.05, 0) is 97.7 Å². The van der Waals surface area contributed by atoms with Crippen LogP contribution in [0.3, 0.4) is 0 Å². The van der Waals surface area contributed by atoms with Gasteiger partial charge in [0.1, 0.15) is 6.10 Å². The number of esters is 1. The van der Waals surface area contributed by atoms with Gasteiger partial charge in [0.25, 0.3) is 0 Å². The van der Waals surface area contributed by atoms with Crippen molar-refractivity contribution in [3.8, 4) is 0 Å². The van der Waals surface area contributed by atoms with E-state index < -0.39 is 5.97 Å². The summed E-state index contributed by atoms with van der Waals surface area (Å²) in [5, 5.41) is 20.2. The molecular weight excluding hydrogens is 464 g/mol. The number of allylic oxidation sites excluding steroid dienone is 2. The van der Waals surface area contributed by atoms with Crippen LogP contribution in [-0.2, 0) is 14.3 Å². The first kappa shape index (κ1) is 28.4. The molecule has 0 aromatic heterocycles. The predicted molar refractivity (Wildman–Crippen MR) is 146 cm³/mol. The fraction of sp³-hybridized carbons (Fsp3) is 0.812. The van der Waals surface area contributed by atoms with Crippen molar-refractivity contribution in [3.05, 3.63) is 22.8 Å².